The molecule has 2 unspecified atom stereocenters. The zero-order chi connectivity index (χ0) is 13.2. The van der Waals surface area contributed by atoms with Crippen molar-refractivity contribution in [3.8, 4) is 0 Å². The standard InChI is InChI=1S/C15H26N2S/c1-11(2)13-5-4-7-15(16,8-6-13)9-14-17-12(3)10-18-14/h10-11,13H,4-9,16H2,1-3H3. The van der Waals surface area contributed by atoms with Crippen molar-refractivity contribution in [1.82, 2.24) is 4.98 Å². The van der Waals surface area contributed by atoms with Crippen molar-refractivity contribution < 1.29 is 0 Å². The maximum absolute atomic E-state index is 6.63. The fraction of sp³-hybridized carbons (Fsp3) is 0.800. The molecule has 0 radical (unpaired) electrons. The quantitative estimate of drug-likeness (QED) is 0.842. The molecule has 1 aliphatic carbocycles. The molecule has 0 aromatic carbocycles. The molecular formula is C15H26N2S. The first-order valence-corrected chi connectivity index (χ1v) is 8.06. The Bertz CT molecular complexity index is 386. The number of hydrogen-bond acceptors (Lipinski definition) is 3. The molecule has 0 amide bonds. The van der Waals surface area contributed by atoms with Crippen LogP contribution in [0.5, 0.6) is 0 Å². The van der Waals surface area contributed by atoms with E-state index in [0.29, 0.717) is 0 Å². The summed E-state index contributed by atoms with van der Waals surface area (Å²) in [4.78, 5) is 4.57. The van der Waals surface area contributed by atoms with Crippen molar-refractivity contribution in [2.24, 2.45) is 17.6 Å². The number of nitrogens with zero attached hydrogens (tertiary/aromatic N) is 1. The SMILES string of the molecule is Cc1csc(CC2(N)CCCC(C(C)C)CC2)n1. The zero-order valence-electron chi connectivity index (χ0n) is 11.9. The third-order valence-electron chi connectivity index (χ3n) is 4.38. The van der Waals surface area contributed by atoms with E-state index in [0.717, 1.165) is 36.8 Å². The second kappa shape index (κ2) is 5.70. The maximum atomic E-state index is 6.63. The molecular weight excluding hydrogens is 240 g/mol. The van der Waals surface area contributed by atoms with Crippen LogP contribution >= 0.6 is 11.3 Å². The van der Waals surface area contributed by atoms with Crippen molar-refractivity contribution >= 4 is 11.3 Å². The van der Waals surface area contributed by atoms with Crippen molar-refractivity contribution in [3.05, 3.63) is 16.1 Å². The summed E-state index contributed by atoms with van der Waals surface area (Å²) in [7, 11) is 0. The van der Waals surface area contributed by atoms with Gasteiger partial charge in [-0.25, -0.2) is 4.98 Å². The van der Waals surface area contributed by atoms with E-state index < -0.39 is 0 Å². The third kappa shape index (κ3) is 3.55. The topological polar surface area (TPSA) is 38.9 Å². The molecule has 2 nitrogen and oxygen atoms in total. The van der Waals surface area contributed by atoms with Gasteiger partial charge in [0.15, 0.2) is 0 Å². The molecule has 0 aliphatic heterocycles. The van der Waals surface area contributed by atoms with Crippen LogP contribution < -0.4 is 5.73 Å². The lowest BCUT2D eigenvalue weighted by atomic mass is 9.85. The van der Waals surface area contributed by atoms with Crippen LogP contribution in [0.4, 0.5) is 0 Å². The Morgan fingerprint density at radius 2 is 2.22 bits per heavy atom. The Labute approximate surface area is 115 Å². The van der Waals surface area contributed by atoms with E-state index in [1.54, 1.807) is 11.3 Å². The van der Waals surface area contributed by atoms with Gasteiger partial charge in [-0.3, -0.25) is 0 Å². The summed E-state index contributed by atoms with van der Waals surface area (Å²) in [5, 5.41) is 3.35. The molecule has 1 aromatic heterocycles. The van der Waals surface area contributed by atoms with E-state index in [1.165, 1.54) is 24.3 Å². The molecule has 2 atom stereocenters. The number of aromatic nitrogens is 1. The van der Waals surface area contributed by atoms with Gasteiger partial charge in [0.1, 0.15) is 0 Å². The van der Waals surface area contributed by atoms with Gasteiger partial charge < -0.3 is 5.73 Å². The molecule has 0 bridgehead atoms. The second-order valence-corrected chi connectivity index (χ2v) is 7.30. The van der Waals surface area contributed by atoms with E-state index in [2.05, 4.69) is 31.1 Å². The highest BCUT2D eigenvalue weighted by Crippen LogP contribution is 2.34. The van der Waals surface area contributed by atoms with Gasteiger partial charge in [0.05, 0.1) is 5.01 Å². The molecule has 2 N–H and O–H groups in total. The predicted molar refractivity (Wildman–Crippen MR) is 78.9 cm³/mol. The van der Waals surface area contributed by atoms with Crippen molar-refractivity contribution in [3.63, 3.8) is 0 Å². The molecule has 18 heavy (non-hydrogen) atoms. The van der Waals surface area contributed by atoms with Gasteiger partial charge in [0.2, 0.25) is 0 Å². The molecule has 3 heteroatoms. The molecule has 1 saturated carbocycles. The minimum Gasteiger partial charge on any atom is -0.325 e. The largest absolute Gasteiger partial charge is 0.325 e. The summed E-state index contributed by atoms with van der Waals surface area (Å²) in [5.41, 5.74) is 7.76. The van der Waals surface area contributed by atoms with Gasteiger partial charge >= 0.3 is 0 Å². The third-order valence-corrected chi connectivity index (χ3v) is 5.34. The average Bonchev–Trinajstić information content (AvgIpc) is 2.58. The second-order valence-electron chi connectivity index (χ2n) is 6.36. The van der Waals surface area contributed by atoms with E-state index in [-0.39, 0.29) is 5.54 Å². The first-order chi connectivity index (χ1) is 8.48. The summed E-state index contributed by atoms with van der Waals surface area (Å²) in [6.07, 6.45) is 7.22. The van der Waals surface area contributed by atoms with Gasteiger partial charge in [-0.2, -0.15) is 0 Å². The normalized spacial score (nSPS) is 29.5. The van der Waals surface area contributed by atoms with Crippen molar-refractivity contribution in [2.45, 2.75) is 64.8 Å². The summed E-state index contributed by atoms with van der Waals surface area (Å²) >= 11 is 1.76. The Kier molecular flexibility index (Phi) is 4.44. The van der Waals surface area contributed by atoms with Crippen LogP contribution in [0.1, 0.15) is 56.7 Å². The minimum absolute atomic E-state index is 0.00602. The predicted octanol–water partition coefficient (Wildman–Crippen LogP) is 3.93. The summed E-state index contributed by atoms with van der Waals surface area (Å²) in [5.74, 6) is 1.67. The van der Waals surface area contributed by atoms with Gasteiger partial charge in [0, 0.05) is 23.0 Å². The van der Waals surface area contributed by atoms with Gasteiger partial charge in [-0.15, -0.1) is 11.3 Å². The minimum atomic E-state index is -0.00602. The van der Waals surface area contributed by atoms with E-state index in [4.69, 9.17) is 5.73 Å². The lowest BCUT2D eigenvalue weighted by Crippen LogP contribution is -2.41. The fourth-order valence-corrected chi connectivity index (χ4v) is 4.01. The number of nitrogens with two attached hydrogens (primary N) is 1. The van der Waals surface area contributed by atoms with E-state index in [1.807, 2.05) is 0 Å². The zero-order valence-corrected chi connectivity index (χ0v) is 12.7. The van der Waals surface area contributed by atoms with Crippen molar-refractivity contribution in [2.75, 3.05) is 0 Å². The average molecular weight is 266 g/mol. The fourth-order valence-electron chi connectivity index (χ4n) is 3.09. The van der Waals surface area contributed by atoms with Crippen LogP contribution in [-0.4, -0.2) is 10.5 Å². The number of thiazole rings is 1. The number of hydrogen-bond donors (Lipinski definition) is 1. The molecule has 2 rings (SSSR count). The first-order valence-electron chi connectivity index (χ1n) is 7.18. The summed E-state index contributed by atoms with van der Waals surface area (Å²) in [6, 6.07) is 0. The molecule has 1 fully saturated rings. The molecule has 1 aromatic rings. The first kappa shape index (κ1) is 14.0. The molecule has 102 valence electrons. The van der Waals surface area contributed by atoms with E-state index >= 15 is 0 Å². The Hall–Kier alpha value is -0.410. The Balaban J connectivity index is 1.98. The van der Waals surface area contributed by atoms with Crippen LogP contribution in [-0.2, 0) is 6.42 Å². The van der Waals surface area contributed by atoms with Crippen LogP contribution in [0.2, 0.25) is 0 Å². The Morgan fingerprint density at radius 1 is 1.44 bits per heavy atom. The monoisotopic (exact) mass is 266 g/mol. The lowest BCUT2D eigenvalue weighted by Gasteiger charge is -2.27. The van der Waals surface area contributed by atoms with Crippen LogP contribution in [0, 0.1) is 18.8 Å². The maximum Gasteiger partial charge on any atom is 0.0946 e. The molecule has 0 saturated heterocycles. The van der Waals surface area contributed by atoms with Gasteiger partial charge in [-0.05, 0) is 38.0 Å². The van der Waals surface area contributed by atoms with Crippen LogP contribution in [0.25, 0.3) is 0 Å². The lowest BCUT2D eigenvalue weighted by molar-refractivity contribution is 0.321. The molecule has 0 spiro atoms. The highest BCUT2D eigenvalue weighted by atomic mass is 32.1. The highest BCUT2D eigenvalue weighted by Gasteiger charge is 2.31. The van der Waals surface area contributed by atoms with Crippen LogP contribution in [0.3, 0.4) is 0 Å². The highest BCUT2D eigenvalue weighted by molar-refractivity contribution is 7.09. The number of rotatable bonds is 3. The van der Waals surface area contributed by atoms with E-state index in [9.17, 15) is 0 Å². The van der Waals surface area contributed by atoms with Crippen molar-refractivity contribution in [1.29, 1.82) is 0 Å². The van der Waals surface area contributed by atoms with Gasteiger partial charge in [0.25, 0.3) is 0 Å². The molecule has 1 aliphatic rings. The molecule has 1 heterocycles. The number of aryl methyl sites for hydroxylation is 1. The summed E-state index contributed by atoms with van der Waals surface area (Å²) in [6.45, 7) is 6.75. The van der Waals surface area contributed by atoms with Gasteiger partial charge in [-0.1, -0.05) is 26.7 Å². The summed E-state index contributed by atoms with van der Waals surface area (Å²) < 4.78 is 0. The van der Waals surface area contributed by atoms with Crippen LogP contribution in [0.15, 0.2) is 5.38 Å². The Morgan fingerprint density at radius 3 is 2.83 bits per heavy atom. The smallest absolute Gasteiger partial charge is 0.0946 e.